The van der Waals surface area contributed by atoms with E-state index >= 15 is 0 Å². The Bertz CT molecular complexity index is 1160. The number of allylic oxidation sites excluding steroid dienone is 3. The molecule has 340 valence electrons. The van der Waals surface area contributed by atoms with Crippen LogP contribution >= 0.6 is 0 Å². The normalized spacial score (nSPS) is 20.3. The van der Waals surface area contributed by atoms with Gasteiger partial charge in [-0.2, -0.15) is 8.42 Å². The van der Waals surface area contributed by atoms with E-state index in [1.165, 1.54) is 109 Å². The van der Waals surface area contributed by atoms with Gasteiger partial charge in [-0.15, -0.1) is 6.58 Å². The molecule has 0 bridgehead atoms. The number of rotatable bonds is 39. The van der Waals surface area contributed by atoms with Gasteiger partial charge < -0.3 is 34.3 Å². The summed E-state index contributed by atoms with van der Waals surface area (Å²) in [5.74, 6) is -2.00. The molecule has 0 aliphatic carbocycles. The van der Waals surface area contributed by atoms with Crippen LogP contribution in [0.4, 0.5) is 0 Å². The van der Waals surface area contributed by atoms with E-state index in [-0.39, 0.29) is 19.4 Å². The van der Waals surface area contributed by atoms with Gasteiger partial charge in [0, 0.05) is 12.8 Å². The van der Waals surface area contributed by atoms with E-state index in [0.29, 0.717) is 12.8 Å². The Morgan fingerprint density at radius 2 is 1.07 bits per heavy atom. The zero-order chi connectivity index (χ0) is 42.7. The quantitative estimate of drug-likeness (QED) is 0.0199. The fourth-order valence-electron chi connectivity index (χ4n) is 7.06. The predicted molar refractivity (Wildman–Crippen MR) is 229 cm³/mol. The van der Waals surface area contributed by atoms with Crippen molar-refractivity contribution in [3.05, 3.63) is 24.8 Å². The summed E-state index contributed by atoms with van der Waals surface area (Å²) < 4.78 is 54.0. The number of esters is 2. The van der Waals surface area contributed by atoms with Crippen molar-refractivity contribution in [3.63, 3.8) is 0 Å². The third-order valence-electron chi connectivity index (χ3n) is 10.6. The summed E-state index contributed by atoms with van der Waals surface area (Å²) in [6.45, 7) is 5.28. The molecule has 58 heavy (non-hydrogen) atoms. The van der Waals surface area contributed by atoms with Crippen LogP contribution in [-0.2, 0) is 38.7 Å². The number of hydrogen-bond acceptors (Lipinski definition) is 11. The molecule has 0 amide bonds. The summed E-state index contributed by atoms with van der Waals surface area (Å²) >= 11 is 0. The molecule has 12 nitrogen and oxygen atoms in total. The third-order valence-corrected chi connectivity index (χ3v) is 11.4. The van der Waals surface area contributed by atoms with Crippen molar-refractivity contribution >= 4 is 22.1 Å². The minimum atomic E-state index is -4.60. The molecule has 0 radical (unpaired) electrons. The van der Waals surface area contributed by atoms with Crippen LogP contribution in [-0.4, -0.2) is 96.0 Å². The fourth-order valence-corrected chi connectivity index (χ4v) is 7.75. The first-order valence-electron chi connectivity index (χ1n) is 22.9. The van der Waals surface area contributed by atoms with Gasteiger partial charge in [0.15, 0.2) is 12.4 Å². The molecule has 0 aromatic rings. The van der Waals surface area contributed by atoms with Crippen LogP contribution in [0.2, 0.25) is 0 Å². The average Bonchev–Trinajstić information content (AvgIpc) is 3.18. The van der Waals surface area contributed by atoms with Crippen LogP contribution in [0.3, 0.4) is 0 Å². The number of aliphatic hydroxyl groups is 3. The molecule has 13 heteroatoms. The second-order valence-electron chi connectivity index (χ2n) is 16.1. The first-order chi connectivity index (χ1) is 28.0. The smallest absolute Gasteiger partial charge is 0.306 e. The number of ether oxygens (including phenoxy) is 4. The first-order valence-corrected chi connectivity index (χ1v) is 24.5. The molecule has 1 heterocycles. The highest BCUT2D eigenvalue weighted by Crippen LogP contribution is 2.24. The number of hydrogen-bond donors (Lipinski definition) is 4. The molecular formula is C45H82O12S. The van der Waals surface area contributed by atoms with E-state index in [0.717, 1.165) is 51.4 Å². The zero-order valence-corrected chi connectivity index (χ0v) is 36.8. The third kappa shape index (κ3) is 30.2. The van der Waals surface area contributed by atoms with Gasteiger partial charge in [-0.1, -0.05) is 147 Å². The average molecular weight is 847 g/mol. The van der Waals surface area contributed by atoms with Crippen LogP contribution < -0.4 is 0 Å². The topological polar surface area (TPSA) is 186 Å². The van der Waals surface area contributed by atoms with Gasteiger partial charge in [0.25, 0.3) is 10.1 Å². The Kier molecular flexibility index (Phi) is 33.5. The Morgan fingerprint density at radius 3 is 1.57 bits per heavy atom. The molecular weight excluding hydrogens is 765 g/mol. The fraction of sp³-hybridized carbons (Fsp3) is 0.867. The molecule has 0 aromatic heterocycles. The summed E-state index contributed by atoms with van der Waals surface area (Å²) in [5.41, 5.74) is 0. The predicted octanol–water partition coefficient (Wildman–Crippen LogP) is 9.23. The van der Waals surface area contributed by atoms with Crippen LogP contribution in [0.5, 0.6) is 0 Å². The lowest BCUT2D eigenvalue weighted by atomic mass is 10.00. The lowest BCUT2D eigenvalue weighted by molar-refractivity contribution is -0.297. The summed E-state index contributed by atoms with van der Waals surface area (Å²) in [6, 6.07) is 0. The number of unbranched alkanes of at least 4 members (excludes halogenated alkanes) is 24. The summed E-state index contributed by atoms with van der Waals surface area (Å²) in [7, 11) is -4.60. The van der Waals surface area contributed by atoms with E-state index in [2.05, 4.69) is 25.7 Å². The zero-order valence-electron chi connectivity index (χ0n) is 36.0. The second kappa shape index (κ2) is 35.8. The highest BCUT2D eigenvalue weighted by molar-refractivity contribution is 7.85. The largest absolute Gasteiger partial charge is 0.462 e. The van der Waals surface area contributed by atoms with Crippen molar-refractivity contribution in [1.29, 1.82) is 0 Å². The monoisotopic (exact) mass is 847 g/mol. The highest BCUT2D eigenvalue weighted by atomic mass is 32.2. The van der Waals surface area contributed by atoms with Gasteiger partial charge in [-0.25, -0.2) is 0 Å². The van der Waals surface area contributed by atoms with Crippen LogP contribution in [0.25, 0.3) is 0 Å². The molecule has 4 N–H and O–H groups in total. The van der Waals surface area contributed by atoms with Crippen molar-refractivity contribution in [1.82, 2.24) is 0 Å². The van der Waals surface area contributed by atoms with Crippen molar-refractivity contribution in [3.8, 4) is 0 Å². The molecule has 2 unspecified atom stereocenters. The summed E-state index contributed by atoms with van der Waals surface area (Å²) in [5, 5.41) is 30.9. The van der Waals surface area contributed by atoms with Gasteiger partial charge in [-0.05, 0) is 51.4 Å². The minimum Gasteiger partial charge on any atom is -0.462 e. The van der Waals surface area contributed by atoms with E-state index < -0.39 is 71.2 Å². The van der Waals surface area contributed by atoms with Gasteiger partial charge >= 0.3 is 11.9 Å². The van der Waals surface area contributed by atoms with Crippen molar-refractivity contribution in [2.75, 3.05) is 19.0 Å². The highest BCUT2D eigenvalue weighted by Gasteiger charge is 2.46. The SMILES string of the molecule is C=CCCCCCCCCCCCCCCCC(=O)OC[C@H](CO[C@H]1O[C@H](CS(=O)(=O)O)[C@@H](O)C(O)C1O)OC(=O)CCCCC/C=C/CCCCCCCCCC. The standard InChI is InChI=1S/C45H82O12S/c1-3-5-7-9-11-13-15-17-19-21-23-25-27-29-31-33-40(46)54-35-38(36-55-45-44(50)43(49)42(48)39(57-45)37-58(51,52)53)56-41(47)34-32-30-28-26-24-22-20-18-16-14-12-10-8-6-4-2/h3,22,24,38-39,42-45,48-50H,1,4-21,23,25-37H2,2H3,(H,51,52,53)/b24-22+/t38-,39-,42-,43?,44?,45+/m1/s1. The Morgan fingerprint density at radius 1 is 0.621 bits per heavy atom. The summed E-state index contributed by atoms with van der Waals surface area (Å²) in [6.07, 6.45) is 28.3. The lowest BCUT2D eigenvalue weighted by Crippen LogP contribution is -2.60. The molecule has 1 aliphatic rings. The maximum Gasteiger partial charge on any atom is 0.306 e. The maximum absolute atomic E-state index is 12.8. The van der Waals surface area contributed by atoms with Gasteiger partial charge in [-0.3, -0.25) is 14.1 Å². The number of carbonyl (C=O) groups excluding carboxylic acids is 2. The number of aliphatic hydroxyl groups excluding tert-OH is 3. The molecule has 1 saturated heterocycles. The van der Waals surface area contributed by atoms with Crippen LogP contribution in [0.15, 0.2) is 24.8 Å². The minimum absolute atomic E-state index is 0.146. The lowest BCUT2D eigenvalue weighted by Gasteiger charge is -2.40. The van der Waals surface area contributed by atoms with E-state index in [9.17, 15) is 37.9 Å². The van der Waals surface area contributed by atoms with Crippen LogP contribution in [0.1, 0.15) is 193 Å². The summed E-state index contributed by atoms with van der Waals surface area (Å²) in [4.78, 5) is 25.4. The Labute approximate surface area is 351 Å². The van der Waals surface area contributed by atoms with Crippen molar-refractivity contribution in [2.45, 2.75) is 230 Å². The molecule has 0 spiro atoms. The molecule has 6 atom stereocenters. The Hall–Kier alpha value is -1.87. The van der Waals surface area contributed by atoms with E-state index in [1.807, 2.05) is 6.08 Å². The van der Waals surface area contributed by atoms with Crippen molar-refractivity contribution in [2.24, 2.45) is 0 Å². The Balaban J connectivity index is 2.44. The van der Waals surface area contributed by atoms with Gasteiger partial charge in [0.1, 0.15) is 36.8 Å². The molecule has 0 aromatic carbocycles. The van der Waals surface area contributed by atoms with Gasteiger partial charge in [0.05, 0.1) is 6.61 Å². The first kappa shape index (κ1) is 54.1. The molecule has 1 rings (SSSR count). The second-order valence-corrected chi connectivity index (χ2v) is 17.6. The van der Waals surface area contributed by atoms with Crippen molar-refractivity contribution < 1.29 is 56.8 Å². The molecule has 0 saturated carbocycles. The molecule has 1 fully saturated rings. The van der Waals surface area contributed by atoms with E-state index in [1.54, 1.807) is 0 Å². The van der Waals surface area contributed by atoms with Crippen LogP contribution in [0, 0.1) is 0 Å². The maximum atomic E-state index is 12.8. The van der Waals surface area contributed by atoms with Gasteiger partial charge in [0.2, 0.25) is 0 Å². The number of carbonyl (C=O) groups is 2. The molecule has 1 aliphatic heterocycles. The van der Waals surface area contributed by atoms with E-state index in [4.69, 9.17) is 18.9 Å².